The van der Waals surface area contributed by atoms with Gasteiger partial charge in [-0.1, -0.05) is 60.7 Å². The van der Waals surface area contributed by atoms with Crippen LogP contribution in [0.1, 0.15) is 64.4 Å². The summed E-state index contributed by atoms with van der Waals surface area (Å²) in [6.07, 6.45) is 6.62. The number of carbonyl (C=O) groups is 2. The van der Waals surface area contributed by atoms with E-state index in [-0.39, 0.29) is 43.8 Å². The van der Waals surface area contributed by atoms with Gasteiger partial charge in [0.15, 0.2) is 0 Å². The fourth-order valence-electron chi connectivity index (χ4n) is 4.91. The van der Waals surface area contributed by atoms with E-state index >= 15 is 0 Å². The van der Waals surface area contributed by atoms with E-state index in [1.54, 1.807) is 49.4 Å². The number of para-hydroxylation sites is 2. The molecule has 1 saturated carbocycles. The molecule has 1 unspecified atom stereocenters. The number of sulfonamides is 1. The molecule has 0 spiro atoms. The Morgan fingerprint density at radius 1 is 1.07 bits per heavy atom. The third-order valence-corrected chi connectivity index (χ3v) is 8.96. The maximum atomic E-state index is 13.6. The Bertz CT molecular complexity index is 1270. The lowest BCUT2D eigenvalue weighted by molar-refractivity contribution is -0.141. The third kappa shape index (κ3) is 9.01. The van der Waals surface area contributed by atoms with Crippen molar-refractivity contribution in [3.63, 3.8) is 0 Å². The molecule has 0 aliphatic heterocycles. The molecule has 11 heteroatoms. The number of anilines is 1. The van der Waals surface area contributed by atoms with Crippen LogP contribution in [0.25, 0.3) is 0 Å². The lowest BCUT2D eigenvalue weighted by Crippen LogP contribution is -2.50. The summed E-state index contributed by atoms with van der Waals surface area (Å²) in [6.45, 7) is 4.18. The van der Waals surface area contributed by atoms with Crippen LogP contribution >= 0.6 is 23.2 Å². The van der Waals surface area contributed by atoms with Crippen molar-refractivity contribution in [3.8, 4) is 5.75 Å². The second-order valence-electron chi connectivity index (χ2n) is 10.1. The van der Waals surface area contributed by atoms with E-state index in [1.165, 1.54) is 15.6 Å². The van der Waals surface area contributed by atoms with Crippen molar-refractivity contribution in [2.75, 3.05) is 23.7 Å². The smallest absolute Gasteiger partial charge is 0.242 e. The summed E-state index contributed by atoms with van der Waals surface area (Å²) in [5.74, 6) is -0.0105. The largest absolute Gasteiger partial charge is 0.492 e. The van der Waals surface area contributed by atoms with Crippen LogP contribution in [0.3, 0.4) is 0 Å². The molecule has 40 heavy (non-hydrogen) atoms. The number of benzene rings is 2. The van der Waals surface area contributed by atoms with E-state index in [9.17, 15) is 18.0 Å². The van der Waals surface area contributed by atoms with Crippen LogP contribution in [0.15, 0.2) is 42.5 Å². The number of nitrogens with one attached hydrogen (secondary N) is 1. The molecule has 1 atom stereocenters. The molecular formula is C29H39Cl2N3O5S. The van der Waals surface area contributed by atoms with Gasteiger partial charge in [0.05, 0.1) is 28.6 Å². The highest BCUT2D eigenvalue weighted by Crippen LogP contribution is 2.30. The number of nitrogens with zero attached hydrogens (tertiary/aromatic N) is 2. The zero-order valence-corrected chi connectivity index (χ0v) is 25.7. The average Bonchev–Trinajstić information content (AvgIpc) is 2.92. The minimum absolute atomic E-state index is 0.0468. The van der Waals surface area contributed by atoms with Crippen LogP contribution in [0.2, 0.25) is 10.0 Å². The molecule has 1 aliphatic carbocycles. The molecule has 0 heterocycles. The highest BCUT2D eigenvalue weighted by atomic mass is 35.5. The van der Waals surface area contributed by atoms with Crippen molar-refractivity contribution in [2.45, 2.75) is 77.4 Å². The topological polar surface area (TPSA) is 96.0 Å². The van der Waals surface area contributed by atoms with Crippen molar-refractivity contribution in [3.05, 3.63) is 58.1 Å². The van der Waals surface area contributed by atoms with Gasteiger partial charge in [-0.25, -0.2) is 8.42 Å². The number of ether oxygens (including phenoxy) is 1. The standard InChI is InChI=1S/C29H39Cl2N3O5S/c1-4-39-27-14-9-8-13-26(27)34(40(3,37)38)18-10-15-28(35)33(20-22-16-17-24(30)25(31)19-22)21(2)29(36)32-23-11-6-5-7-12-23/h8-9,13-14,16-17,19,21,23H,4-7,10-12,15,18,20H2,1-3H3,(H,32,36). The van der Waals surface area contributed by atoms with Crippen molar-refractivity contribution < 1.29 is 22.7 Å². The minimum atomic E-state index is -3.64. The van der Waals surface area contributed by atoms with Gasteiger partial charge in [0.2, 0.25) is 21.8 Å². The van der Waals surface area contributed by atoms with Crippen molar-refractivity contribution in [1.82, 2.24) is 10.2 Å². The van der Waals surface area contributed by atoms with Gasteiger partial charge in [-0.3, -0.25) is 13.9 Å². The van der Waals surface area contributed by atoms with Crippen LogP contribution in [-0.4, -0.2) is 56.6 Å². The van der Waals surface area contributed by atoms with Crippen molar-refractivity contribution >= 4 is 50.7 Å². The number of hydrogen-bond acceptors (Lipinski definition) is 5. The molecule has 2 aromatic carbocycles. The van der Waals surface area contributed by atoms with Crippen LogP contribution in [0.4, 0.5) is 5.69 Å². The van der Waals surface area contributed by atoms with E-state index in [0.717, 1.165) is 37.5 Å². The molecule has 1 N–H and O–H groups in total. The monoisotopic (exact) mass is 611 g/mol. The van der Waals surface area contributed by atoms with E-state index in [4.69, 9.17) is 27.9 Å². The maximum absolute atomic E-state index is 13.6. The normalized spacial score (nSPS) is 14.8. The first-order chi connectivity index (χ1) is 19.0. The molecule has 8 nitrogen and oxygen atoms in total. The molecule has 2 amide bonds. The molecule has 0 bridgehead atoms. The molecule has 0 aromatic heterocycles. The Morgan fingerprint density at radius 3 is 2.42 bits per heavy atom. The molecule has 1 aliphatic rings. The molecule has 3 rings (SSSR count). The lowest BCUT2D eigenvalue weighted by atomic mass is 9.95. The predicted octanol–water partition coefficient (Wildman–Crippen LogP) is 5.80. The summed E-state index contributed by atoms with van der Waals surface area (Å²) in [4.78, 5) is 28.3. The van der Waals surface area contributed by atoms with Crippen molar-refractivity contribution in [1.29, 1.82) is 0 Å². The first-order valence-corrected chi connectivity index (χ1v) is 16.3. The summed E-state index contributed by atoms with van der Waals surface area (Å²) in [7, 11) is -3.64. The number of carbonyl (C=O) groups excluding carboxylic acids is 2. The van der Waals surface area contributed by atoms with Gasteiger partial charge in [-0.15, -0.1) is 0 Å². The summed E-state index contributed by atoms with van der Waals surface area (Å²) >= 11 is 12.3. The first-order valence-electron chi connectivity index (χ1n) is 13.7. The Morgan fingerprint density at radius 2 is 1.77 bits per heavy atom. The molecule has 0 saturated heterocycles. The van der Waals surface area contributed by atoms with Crippen LogP contribution in [-0.2, 0) is 26.2 Å². The second-order valence-corrected chi connectivity index (χ2v) is 12.9. The van der Waals surface area contributed by atoms with Gasteiger partial charge in [-0.2, -0.15) is 0 Å². The quantitative estimate of drug-likeness (QED) is 0.308. The van der Waals surface area contributed by atoms with Gasteiger partial charge in [-0.05, 0) is 62.9 Å². The highest BCUT2D eigenvalue weighted by Gasteiger charge is 2.29. The molecular weight excluding hydrogens is 573 g/mol. The molecule has 2 aromatic rings. The third-order valence-electron chi connectivity index (χ3n) is 7.04. The van der Waals surface area contributed by atoms with E-state index < -0.39 is 16.1 Å². The minimum Gasteiger partial charge on any atom is -0.492 e. The fraction of sp³-hybridized carbons (Fsp3) is 0.517. The highest BCUT2D eigenvalue weighted by molar-refractivity contribution is 7.92. The average molecular weight is 613 g/mol. The number of hydrogen-bond donors (Lipinski definition) is 1. The Balaban J connectivity index is 1.76. The summed E-state index contributed by atoms with van der Waals surface area (Å²) in [5.41, 5.74) is 1.16. The first kappa shape index (κ1) is 32.0. The Kier molecular flexibility index (Phi) is 12.0. The number of amides is 2. The summed E-state index contributed by atoms with van der Waals surface area (Å²) < 4.78 is 32.3. The molecule has 0 radical (unpaired) electrons. The van der Waals surface area contributed by atoms with E-state index in [1.807, 2.05) is 6.92 Å². The van der Waals surface area contributed by atoms with Crippen LogP contribution in [0, 0.1) is 0 Å². The van der Waals surface area contributed by atoms with Gasteiger partial charge in [0.25, 0.3) is 0 Å². The Labute approximate surface area is 248 Å². The van der Waals surface area contributed by atoms with Crippen molar-refractivity contribution in [2.24, 2.45) is 0 Å². The molecule has 1 fully saturated rings. The van der Waals surface area contributed by atoms with Gasteiger partial charge >= 0.3 is 0 Å². The van der Waals surface area contributed by atoms with Gasteiger partial charge in [0, 0.05) is 25.6 Å². The predicted molar refractivity (Wildman–Crippen MR) is 161 cm³/mol. The number of rotatable bonds is 13. The van der Waals surface area contributed by atoms with E-state index in [2.05, 4.69) is 5.32 Å². The zero-order valence-electron chi connectivity index (χ0n) is 23.4. The fourth-order valence-corrected chi connectivity index (χ4v) is 6.20. The Hall–Kier alpha value is -2.49. The molecule has 220 valence electrons. The van der Waals surface area contributed by atoms with Gasteiger partial charge in [0.1, 0.15) is 11.8 Å². The lowest BCUT2D eigenvalue weighted by Gasteiger charge is -2.31. The number of halogens is 2. The summed E-state index contributed by atoms with van der Waals surface area (Å²) in [6, 6.07) is 11.4. The zero-order chi connectivity index (χ0) is 29.3. The second kappa shape index (κ2) is 14.9. The maximum Gasteiger partial charge on any atom is 0.242 e. The SMILES string of the molecule is CCOc1ccccc1N(CCCC(=O)N(Cc1ccc(Cl)c(Cl)c1)C(C)C(=O)NC1CCCCC1)S(C)(=O)=O. The van der Waals surface area contributed by atoms with E-state index in [0.29, 0.717) is 28.1 Å². The van der Waals surface area contributed by atoms with Crippen LogP contribution in [0.5, 0.6) is 5.75 Å². The summed E-state index contributed by atoms with van der Waals surface area (Å²) in [5, 5.41) is 3.88. The van der Waals surface area contributed by atoms with Gasteiger partial charge < -0.3 is 15.0 Å². The van der Waals surface area contributed by atoms with Crippen LogP contribution < -0.4 is 14.4 Å².